The van der Waals surface area contributed by atoms with Crippen molar-refractivity contribution < 1.29 is 4.74 Å². The van der Waals surface area contributed by atoms with Gasteiger partial charge < -0.3 is 10.1 Å². The second kappa shape index (κ2) is 3.13. The van der Waals surface area contributed by atoms with Gasteiger partial charge in [-0.2, -0.15) is 0 Å². The molecule has 46 valence electrons. The zero-order valence-electron chi connectivity index (χ0n) is 5.32. The Morgan fingerprint density at radius 2 is 2.00 bits per heavy atom. The quantitative estimate of drug-likeness (QED) is 0.433. The first-order valence-corrected chi connectivity index (χ1v) is 2.32. The van der Waals surface area contributed by atoms with Gasteiger partial charge in [0, 0.05) is 7.05 Å². The van der Waals surface area contributed by atoms with Crippen LogP contribution in [0.25, 0.3) is 0 Å². The van der Waals surface area contributed by atoms with Crippen LogP contribution < -0.4 is 5.32 Å². The molecular weight excluding hydrogens is 102 g/mol. The zero-order valence-corrected chi connectivity index (χ0v) is 5.32. The highest BCUT2D eigenvalue weighted by Gasteiger charge is 1.91. The fourth-order valence-corrected chi connectivity index (χ4v) is 0.263. The first kappa shape index (κ1) is 7.08. The van der Waals surface area contributed by atoms with Crippen LogP contribution in [0, 0.1) is 0 Å². The van der Waals surface area contributed by atoms with E-state index in [-0.39, 0.29) is 0 Å². The molecule has 0 aliphatic rings. The summed E-state index contributed by atoms with van der Waals surface area (Å²) in [5.74, 6) is 0.576. The van der Waals surface area contributed by atoms with Gasteiger partial charge in [0.15, 0.2) is 0 Å². The minimum absolute atomic E-state index is 0.576. The molecule has 2 nitrogen and oxygen atoms in total. The summed E-state index contributed by atoms with van der Waals surface area (Å²) in [6.07, 6.45) is 0. The molecule has 0 aromatic heterocycles. The summed E-state index contributed by atoms with van der Waals surface area (Å²) >= 11 is 0. The molecule has 0 fully saturated rings. The van der Waals surface area contributed by atoms with Crippen LogP contribution in [0.5, 0.6) is 0 Å². The minimum Gasteiger partial charge on any atom is -0.495 e. The van der Waals surface area contributed by atoms with Gasteiger partial charge in [0.05, 0.1) is 12.8 Å². The molecule has 1 N–H and O–H groups in total. The van der Waals surface area contributed by atoms with Crippen LogP contribution in [-0.4, -0.2) is 14.2 Å². The van der Waals surface area contributed by atoms with E-state index in [2.05, 4.69) is 18.5 Å². The Bertz CT molecular complexity index is 93.1. The molecule has 0 saturated carbocycles. The lowest BCUT2D eigenvalue weighted by Crippen LogP contribution is -2.06. The topological polar surface area (TPSA) is 21.3 Å². The summed E-state index contributed by atoms with van der Waals surface area (Å²) in [7, 11) is 3.33. The van der Waals surface area contributed by atoms with Crippen molar-refractivity contribution in [3.63, 3.8) is 0 Å². The summed E-state index contributed by atoms with van der Waals surface area (Å²) in [5.41, 5.74) is 0.715. The third-order valence-electron chi connectivity index (χ3n) is 0.885. The van der Waals surface area contributed by atoms with E-state index in [0.29, 0.717) is 11.5 Å². The monoisotopic (exact) mass is 113 g/mol. The summed E-state index contributed by atoms with van der Waals surface area (Å²) in [4.78, 5) is 0. The van der Waals surface area contributed by atoms with Crippen molar-refractivity contribution >= 4 is 0 Å². The predicted molar refractivity (Wildman–Crippen MR) is 34.3 cm³/mol. The normalized spacial score (nSPS) is 7.75. The van der Waals surface area contributed by atoms with Gasteiger partial charge >= 0.3 is 0 Å². The third kappa shape index (κ3) is 1.69. The Labute approximate surface area is 49.8 Å². The minimum atomic E-state index is 0.576. The van der Waals surface area contributed by atoms with Gasteiger partial charge in [-0.3, -0.25) is 0 Å². The second-order valence-electron chi connectivity index (χ2n) is 1.36. The highest BCUT2D eigenvalue weighted by atomic mass is 16.5. The SMILES string of the molecule is C=C(NC)C(=C)OC. The van der Waals surface area contributed by atoms with E-state index in [1.807, 2.05) is 0 Å². The second-order valence-corrected chi connectivity index (χ2v) is 1.36. The Balaban J connectivity index is 3.64. The number of nitrogens with one attached hydrogen (secondary N) is 1. The number of rotatable bonds is 3. The fourth-order valence-electron chi connectivity index (χ4n) is 0.263. The molecule has 0 amide bonds. The average molecular weight is 113 g/mol. The molecule has 0 bridgehead atoms. The van der Waals surface area contributed by atoms with Gasteiger partial charge in [-0.05, 0) is 0 Å². The van der Waals surface area contributed by atoms with E-state index in [9.17, 15) is 0 Å². The first-order chi connectivity index (χ1) is 3.72. The van der Waals surface area contributed by atoms with Crippen LogP contribution in [0.4, 0.5) is 0 Å². The van der Waals surface area contributed by atoms with E-state index in [4.69, 9.17) is 4.74 Å². The summed E-state index contributed by atoms with van der Waals surface area (Å²) in [6, 6.07) is 0. The number of hydrogen-bond donors (Lipinski definition) is 1. The molecule has 0 saturated heterocycles. The molecule has 0 radical (unpaired) electrons. The first-order valence-electron chi connectivity index (χ1n) is 2.32. The lowest BCUT2D eigenvalue weighted by Gasteiger charge is -2.04. The van der Waals surface area contributed by atoms with Gasteiger partial charge in [0.25, 0.3) is 0 Å². The molecule has 8 heavy (non-hydrogen) atoms. The average Bonchev–Trinajstić information content (AvgIpc) is 1.84. The standard InChI is InChI=1S/C6H11NO/c1-5(7-3)6(2)8-4/h7H,1-2H2,3-4H3. The molecule has 0 atom stereocenters. The molecular formula is C6H11NO. The van der Waals surface area contributed by atoms with Crippen molar-refractivity contribution in [2.75, 3.05) is 14.2 Å². The molecule has 0 unspecified atom stereocenters. The van der Waals surface area contributed by atoms with Gasteiger partial charge in [0.2, 0.25) is 0 Å². The van der Waals surface area contributed by atoms with E-state index in [1.165, 1.54) is 0 Å². The highest BCUT2D eigenvalue weighted by Crippen LogP contribution is 1.98. The highest BCUT2D eigenvalue weighted by molar-refractivity contribution is 5.15. The molecule has 0 spiro atoms. The van der Waals surface area contributed by atoms with Crippen LogP contribution >= 0.6 is 0 Å². The van der Waals surface area contributed by atoms with Crippen molar-refractivity contribution in [2.24, 2.45) is 0 Å². The molecule has 0 heterocycles. The summed E-state index contributed by atoms with van der Waals surface area (Å²) in [6.45, 7) is 7.17. The smallest absolute Gasteiger partial charge is 0.134 e. The van der Waals surface area contributed by atoms with Crippen molar-refractivity contribution in [3.8, 4) is 0 Å². The number of likely N-dealkylation sites (N-methyl/N-ethyl adjacent to an activating group) is 1. The molecule has 2 heteroatoms. The van der Waals surface area contributed by atoms with Crippen LogP contribution in [0.3, 0.4) is 0 Å². The Hall–Kier alpha value is -0.920. The van der Waals surface area contributed by atoms with Crippen LogP contribution in [0.2, 0.25) is 0 Å². The molecule has 0 aliphatic carbocycles. The van der Waals surface area contributed by atoms with Crippen LogP contribution in [0.15, 0.2) is 24.6 Å². The summed E-state index contributed by atoms with van der Waals surface area (Å²) < 4.78 is 4.75. The van der Waals surface area contributed by atoms with Gasteiger partial charge in [0.1, 0.15) is 5.76 Å². The largest absolute Gasteiger partial charge is 0.495 e. The lowest BCUT2D eigenvalue weighted by atomic mass is 10.4. The van der Waals surface area contributed by atoms with Gasteiger partial charge in [-0.25, -0.2) is 0 Å². The zero-order chi connectivity index (χ0) is 6.57. The maximum atomic E-state index is 4.75. The van der Waals surface area contributed by atoms with Gasteiger partial charge in [-0.1, -0.05) is 13.2 Å². The number of methoxy groups -OCH3 is 1. The van der Waals surface area contributed by atoms with E-state index in [0.717, 1.165) is 0 Å². The van der Waals surface area contributed by atoms with Crippen molar-refractivity contribution in [2.45, 2.75) is 0 Å². The van der Waals surface area contributed by atoms with Crippen LogP contribution in [0.1, 0.15) is 0 Å². The van der Waals surface area contributed by atoms with E-state index in [1.54, 1.807) is 14.2 Å². The van der Waals surface area contributed by atoms with Crippen molar-refractivity contribution in [1.82, 2.24) is 5.32 Å². The Morgan fingerprint density at radius 1 is 1.50 bits per heavy atom. The van der Waals surface area contributed by atoms with E-state index >= 15 is 0 Å². The Morgan fingerprint density at radius 3 is 2.12 bits per heavy atom. The summed E-state index contributed by atoms with van der Waals surface area (Å²) in [5, 5.41) is 2.80. The number of ether oxygens (including phenoxy) is 1. The Kier molecular flexibility index (Phi) is 2.77. The van der Waals surface area contributed by atoms with Crippen molar-refractivity contribution in [3.05, 3.63) is 24.6 Å². The van der Waals surface area contributed by atoms with Crippen molar-refractivity contribution in [1.29, 1.82) is 0 Å². The molecule has 0 aromatic carbocycles. The number of hydrogen-bond acceptors (Lipinski definition) is 2. The van der Waals surface area contributed by atoms with E-state index < -0.39 is 0 Å². The fraction of sp³-hybridized carbons (Fsp3) is 0.333. The van der Waals surface area contributed by atoms with Gasteiger partial charge in [-0.15, -0.1) is 0 Å². The third-order valence-corrected chi connectivity index (χ3v) is 0.885. The molecule has 0 aromatic rings. The molecule has 0 rings (SSSR count). The predicted octanol–water partition coefficient (Wildman–Crippen LogP) is 0.880. The maximum absolute atomic E-state index is 4.75. The lowest BCUT2D eigenvalue weighted by molar-refractivity contribution is 0.299. The van der Waals surface area contributed by atoms with Crippen LogP contribution in [-0.2, 0) is 4.74 Å². The maximum Gasteiger partial charge on any atom is 0.134 e. The molecule has 0 aliphatic heterocycles.